The van der Waals surface area contributed by atoms with Crippen molar-refractivity contribution in [3.05, 3.63) is 24.3 Å². The number of rotatable bonds is 66. The van der Waals surface area contributed by atoms with E-state index in [0.29, 0.717) is 25.9 Å². The van der Waals surface area contributed by atoms with Gasteiger partial charge in [-0.25, -0.2) is 0 Å². The number of aliphatic hydroxyl groups is 2. The fraction of sp³-hybridized carbons (Fsp3) is 0.915. The third-order valence-corrected chi connectivity index (χ3v) is 16.5. The number of unbranched alkanes of at least 4 members (excludes halogenated alkanes) is 51. The highest BCUT2D eigenvalue weighted by Gasteiger charge is 2.20. The van der Waals surface area contributed by atoms with Gasteiger partial charge in [-0.15, -0.1) is 0 Å². The minimum absolute atomic E-state index is 0.00790. The van der Waals surface area contributed by atoms with Crippen LogP contribution in [0.4, 0.5) is 0 Å². The highest BCUT2D eigenvalue weighted by molar-refractivity contribution is 5.76. The average Bonchev–Trinajstić information content (AvgIpc) is 3.43. The summed E-state index contributed by atoms with van der Waals surface area (Å²) in [4.78, 5) is 24.6. The highest BCUT2D eigenvalue weighted by Crippen LogP contribution is 2.19. The van der Waals surface area contributed by atoms with Crippen molar-refractivity contribution in [3.63, 3.8) is 0 Å². The van der Waals surface area contributed by atoms with Gasteiger partial charge in [-0.2, -0.15) is 0 Å². The number of amides is 1. The van der Waals surface area contributed by atoms with Crippen molar-refractivity contribution >= 4 is 11.9 Å². The lowest BCUT2D eigenvalue weighted by atomic mass is 10.0. The summed E-state index contributed by atoms with van der Waals surface area (Å²) in [6, 6.07) is -0.542. The van der Waals surface area contributed by atoms with Crippen molar-refractivity contribution in [1.29, 1.82) is 0 Å². The first-order valence-electron chi connectivity index (χ1n) is 35.1. The van der Waals surface area contributed by atoms with Gasteiger partial charge in [-0.3, -0.25) is 9.59 Å². The molecule has 0 aromatic carbocycles. The van der Waals surface area contributed by atoms with Crippen molar-refractivity contribution in [1.82, 2.24) is 5.32 Å². The maximum atomic E-state index is 12.5. The van der Waals surface area contributed by atoms with Crippen molar-refractivity contribution in [2.75, 3.05) is 13.2 Å². The van der Waals surface area contributed by atoms with Gasteiger partial charge in [0.25, 0.3) is 0 Å². The molecule has 0 fully saturated rings. The molecule has 0 bridgehead atoms. The van der Waals surface area contributed by atoms with Crippen LogP contribution < -0.4 is 5.32 Å². The molecule has 77 heavy (non-hydrogen) atoms. The van der Waals surface area contributed by atoms with Gasteiger partial charge in [0.15, 0.2) is 0 Å². The number of ether oxygens (including phenoxy) is 1. The topological polar surface area (TPSA) is 95.9 Å². The van der Waals surface area contributed by atoms with E-state index in [1.807, 2.05) is 0 Å². The summed E-state index contributed by atoms with van der Waals surface area (Å²) in [7, 11) is 0. The summed E-state index contributed by atoms with van der Waals surface area (Å²) in [5.41, 5.74) is 0. The summed E-state index contributed by atoms with van der Waals surface area (Å²) >= 11 is 0. The van der Waals surface area contributed by atoms with E-state index < -0.39 is 12.1 Å². The minimum Gasteiger partial charge on any atom is -0.466 e. The largest absolute Gasteiger partial charge is 0.466 e. The summed E-state index contributed by atoms with van der Waals surface area (Å²) < 4.78 is 5.49. The van der Waals surface area contributed by atoms with E-state index in [2.05, 4.69) is 43.5 Å². The second-order valence-corrected chi connectivity index (χ2v) is 24.2. The molecule has 0 spiro atoms. The first kappa shape index (κ1) is 75.3. The second kappa shape index (κ2) is 66.8. The zero-order valence-electron chi connectivity index (χ0n) is 52.2. The Morgan fingerprint density at radius 2 is 0.610 bits per heavy atom. The Labute approximate surface area is 481 Å². The Bertz CT molecular complexity index is 1200. The Balaban J connectivity index is 3.38. The molecule has 0 aliphatic rings. The van der Waals surface area contributed by atoms with Crippen molar-refractivity contribution in [2.24, 2.45) is 0 Å². The molecule has 2 unspecified atom stereocenters. The quantitative estimate of drug-likeness (QED) is 0.0320. The lowest BCUT2D eigenvalue weighted by Crippen LogP contribution is -2.45. The van der Waals surface area contributed by atoms with Crippen LogP contribution in [-0.4, -0.2) is 47.4 Å². The van der Waals surface area contributed by atoms with Crippen LogP contribution in [0, 0.1) is 0 Å². The molecule has 0 saturated carbocycles. The predicted octanol–water partition coefficient (Wildman–Crippen LogP) is 22.5. The van der Waals surface area contributed by atoms with Crippen LogP contribution in [0.5, 0.6) is 0 Å². The van der Waals surface area contributed by atoms with E-state index in [4.69, 9.17) is 4.74 Å². The summed E-state index contributed by atoms with van der Waals surface area (Å²) in [6.07, 6.45) is 83.6. The lowest BCUT2D eigenvalue weighted by Gasteiger charge is -2.22. The monoisotopic (exact) mass is 1080 g/mol. The summed E-state index contributed by atoms with van der Waals surface area (Å²) in [6.45, 7) is 4.98. The zero-order chi connectivity index (χ0) is 55.7. The second-order valence-electron chi connectivity index (χ2n) is 24.2. The molecule has 0 aliphatic carbocycles. The van der Waals surface area contributed by atoms with Gasteiger partial charge in [0.05, 0.1) is 25.4 Å². The maximum absolute atomic E-state index is 12.5. The Morgan fingerprint density at radius 3 is 0.922 bits per heavy atom. The minimum atomic E-state index is -0.665. The van der Waals surface area contributed by atoms with Crippen LogP contribution in [0.3, 0.4) is 0 Å². The standard InChI is InChI=1S/C71H137NO5/c1-3-5-7-9-11-13-15-17-19-20-32-36-39-43-47-51-55-59-63-69(74)68(67-73)72-70(75)64-60-56-52-48-44-40-37-33-30-28-26-24-22-21-23-25-27-29-31-34-38-42-46-50-54-58-62-66-77-71(76)65-61-57-53-49-45-41-35-18-16-14-12-10-8-6-4-2/h18,21-22,35,68-69,73-74H,3-17,19-20,23-34,36-67H2,1-2H3,(H,72,75)/b22-21-,35-18-. The van der Waals surface area contributed by atoms with Gasteiger partial charge in [-0.05, 0) is 77.0 Å². The molecule has 0 rings (SSSR count). The number of allylic oxidation sites excluding steroid dienone is 4. The van der Waals surface area contributed by atoms with Crippen molar-refractivity contribution < 1.29 is 24.5 Å². The number of carbonyl (C=O) groups is 2. The summed E-state index contributed by atoms with van der Waals surface area (Å²) in [5, 5.41) is 23.4. The van der Waals surface area contributed by atoms with Gasteiger partial charge in [0.1, 0.15) is 0 Å². The number of hydrogen-bond donors (Lipinski definition) is 3. The Hall–Kier alpha value is -1.66. The predicted molar refractivity (Wildman–Crippen MR) is 338 cm³/mol. The molecular weight excluding hydrogens is 947 g/mol. The van der Waals surface area contributed by atoms with Gasteiger partial charge < -0.3 is 20.3 Å². The van der Waals surface area contributed by atoms with Gasteiger partial charge in [-0.1, -0.05) is 327 Å². The van der Waals surface area contributed by atoms with E-state index in [9.17, 15) is 19.8 Å². The first-order chi connectivity index (χ1) is 38.0. The van der Waals surface area contributed by atoms with Crippen LogP contribution in [0.25, 0.3) is 0 Å². The van der Waals surface area contributed by atoms with Gasteiger partial charge in [0, 0.05) is 12.8 Å². The molecule has 6 heteroatoms. The Kier molecular flexibility index (Phi) is 65.4. The fourth-order valence-electron chi connectivity index (χ4n) is 11.1. The molecule has 0 aromatic heterocycles. The smallest absolute Gasteiger partial charge is 0.305 e. The van der Waals surface area contributed by atoms with Crippen molar-refractivity contribution in [3.8, 4) is 0 Å². The molecule has 0 radical (unpaired) electrons. The van der Waals surface area contributed by atoms with E-state index in [1.54, 1.807) is 0 Å². The SMILES string of the molecule is CCCCCCCC/C=C\CCCCCCCC(=O)OCCCCCCCCCCCCCC/C=C\CCCCCCCCCCCCCC(=O)NC(CO)C(O)CCCCCCCCCCCCCCCCCCCC. The lowest BCUT2D eigenvalue weighted by molar-refractivity contribution is -0.143. The molecule has 0 saturated heterocycles. The molecule has 0 heterocycles. The van der Waals surface area contributed by atoms with Crippen LogP contribution in [0.2, 0.25) is 0 Å². The van der Waals surface area contributed by atoms with Crippen molar-refractivity contribution in [2.45, 2.75) is 405 Å². The molecule has 1 amide bonds. The molecule has 456 valence electrons. The number of nitrogens with one attached hydrogen (secondary N) is 1. The van der Waals surface area contributed by atoms with E-state index in [-0.39, 0.29) is 18.5 Å². The first-order valence-corrected chi connectivity index (χ1v) is 35.1. The fourth-order valence-corrected chi connectivity index (χ4v) is 11.1. The van der Waals surface area contributed by atoms with Crippen LogP contribution >= 0.6 is 0 Å². The third kappa shape index (κ3) is 63.4. The molecule has 0 aromatic rings. The molecule has 2 atom stereocenters. The normalized spacial score (nSPS) is 12.6. The Morgan fingerprint density at radius 1 is 0.351 bits per heavy atom. The molecule has 0 aliphatic heterocycles. The summed E-state index contributed by atoms with van der Waals surface area (Å²) in [5.74, 6) is -0.0243. The number of hydrogen-bond acceptors (Lipinski definition) is 5. The van der Waals surface area contributed by atoms with E-state index >= 15 is 0 Å². The highest BCUT2D eigenvalue weighted by atomic mass is 16.5. The third-order valence-electron chi connectivity index (χ3n) is 16.5. The van der Waals surface area contributed by atoms with Crippen LogP contribution in [-0.2, 0) is 14.3 Å². The van der Waals surface area contributed by atoms with Crippen LogP contribution in [0.1, 0.15) is 393 Å². The van der Waals surface area contributed by atoms with Gasteiger partial charge >= 0.3 is 5.97 Å². The number of esters is 1. The van der Waals surface area contributed by atoms with E-state index in [0.717, 1.165) is 44.9 Å². The molecular formula is C71H137NO5. The van der Waals surface area contributed by atoms with Gasteiger partial charge in [0.2, 0.25) is 5.91 Å². The van der Waals surface area contributed by atoms with Crippen LogP contribution in [0.15, 0.2) is 24.3 Å². The maximum Gasteiger partial charge on any atom is 0.305 e. The molecule has 3 N–H and O–H groups in total. The number of carbonyl (C=O) groups excluding carboxylic acids is 2. The van der Waals surface area contributed by atoms with E-state index in [1.165, 1.54) is 315 Å². The average molecular weight is 1080 g/mol. The number of aliphatic hydroxyl groups excluding tert-OH is 2. The zero-order valence-corrected chi connectivity index (χ0v) is 52.2. The molecule has 6 nitrogen and oxygen atoms in total.